The molecule has 0 aliphatic carbocycles. The molecule has 4 rings (SSSR count). The van der Waals surface area contributed by atoms with Gasteiger partial charge in [0.15, 0.2) is 0 Å². The Bertz CT molecular complexity index is 1050. The maximum atomic E-state index is 14.9. The molecule has 1 aliphatic rings. The summed E-state index contributed by atoms with van der Waals surface area (Å²) in [5.74, 6) is -0.206. The van der Waals surface area contributed by atoms with E-state index in [1.807, 2.05) is 30.3 Å². The van der Waals surface area contributed by atoms with E-state index in [-0.39, 0.29) is 17.9 Å². The number of aromatic nitrogens is 2. The van der Waals surface area contributed by atoms with E-state index in [1.165, 1.54) is 18.5 Å². The minimum absolute atomic E-state index is 0.151. The van der Waals surface area contributed by atoms with Crippen molar-refractivity contribution in [2.24, 2.45) is 0 Å². The second-order valence-electron chi connectivity index (χ2n) is 7.89. The van der Waals surface area contributed by atoms with Gasteiger partial charge < -0.3 is 20.3 Å². The molecule has 1 aromatic heterocycles. The van der Waals surface area contributed by atoms with Crippen molar-refractivity contribution in [1.82, 2.24) is 14.9 Å². The van der Waals surface area contributed by atoms with Gasteiger partial charge in [-0.25, -0.2) is 14.4 Å². The summed E-state index contributed by atoms with van der Waals surface area (Å²) >= 11 is 0. The van der Waals surface area contributed by atoms with Gasteiger partial charge in [0.25, 0.3) is 0 Å². The average molecular weight is 439 g/mol. The van der Waals surface area contributed by atoms with Gasteiger partial charge >= 0.3 is 0 Å². The van der Waals surface area contributed by atoms with Gasteiger partial charge in [0.1, 0.15) is 5.82 Å². The standard InChI is InChI=1S/C24H27FN4O3/c1-16(30)23-13-29(8-9-32-23)15-31-14-18-4-2-3-5-20(18)17-6-7-21(22(25)10-17)19-11-27-24(26)28-12-19/h2-7,10-12,16,23,30H,8-9,13-15H2,1H3,(H2,26,27,28). The number of rotatable bonds is 7. The van der Waals surface area contributed by atoms with Crippen LogP contribution < -0.4 is 5.73 Å². The highest BCUT2D eigenvalue weighted by molar-refractivity contribution is 5.72. The van der Waals surface area contributed by atoms with Gasteiger partial charge in [0, 0.05) is 36.6 Å². The number of hydrogen-bond donors (Lipinski definition) is 2. The molecule has 2 heterocycles. The Morgan fingerprint density at radius 2 is 1.97 bits per heavy atom. The Morgan fingerprint density at radius 1 is 1.19 bits per heavy atom. The Morgan fingerprint density at radius 3 is 2.72 bits per heavy atom. The summed E-state index contributed by atoms with van der Waals surface area (Å²) in [5.41, 5.74) is 9.15. The minimum atomic E-state index is -0.517. The topological polar surface area (TPSA) is 93.7 Å². The third kappa shape index (κ3) is 5.28. The predicted octanol–water partition coefficient (Wildman–Crippen LogP) is 3.09. The number of aliphatic hydroxyl groups excluding tert-OH is 1. The van der Waals surface area contributed by atoms with E-state index in [0.29, 0.717) is 37.6 Å². The van der Waals surface area contributed by atoms with Gasteiger partial charge in [-0.3, -0.25) is 4.90 Å². The van der Waals surface area contributed by atoms with Crippen molar-refractivity contribution < 1.29 is 19.0 Å². The monoisotopic (exact) mass is 438 g/mol. The summed E-state index contributed by atoms with van der Waals surface area (Å²) < 4.78 is 26.4. The highest BCUT2D eigenvalue weighted by Crippen LogP contribution is 2.30. The van der Waals surface area contributed by atoms with E-state index >= 15 is 0 Å². The molecule has 32 heavy (non-hydrogen) atoms. The molecule has 8 heteroatoms. The summed E-state index contributed by atoms with van der Waals surface area (Å²) in [4.78, 5) is 9.99. The lowest BCUT2D eigenvalue weighted by Crippen LogP contribution is -2.47. The van der Waals surface area contributed by atoms with E-state index in [1.54, 1.807) is 13.0 Å². The molecule has 2 aromatic carbocycles. The van der Waals surface area contributed by atoms with Crippen molar-refractivity contribution in [1.29, 1.82) is 0 Å². The minimum Gasteiger partial charge on any atom is -0.391 e. The van der Waals surface area contributed by atoms with Gasteiger partial charge in [0.2, 0.25) is 5.95 Å². The predicted molar refractivity (Wildman–Crippen MR) is 120 cm³/mol. The van der Waals surface area contributed by atoms with Crippen LogP contribution in [0.4, 0.5) is 10.3 Å². The van der Waals surface area contributed by atoms with Crippen LogP contribution in [0.25, 0.3) is 22.3 Å². The molecular weight excluding hydrogens is 411 g/mol. The molecular formula is C24H27FN4O3. The number of nitrogens with two attached hydrogens (primary N) is 1. The smallest absolute Gasteiger partial charge is 0.219 e. The summed E-state index contributed by atoms with van der Waals surface area (Å²) in [6, 6.07) is 12.9. The fourth-order valence-electron chi connectivity index (χ4n) is 3.75. The SMILES string of the molecule is CC(O)C1CN(COCc2ccccc2-c2ccc(-c3cnc(N)nc3)c(F)c2)CCO1. The fraction of sp³-hybridized carbons (Fsp3) is 0.333. The molecule has 2 unspecified atom stereocenters. The summed E-state index contributed by atoms with van der Waals surface area (Å²) in [6.45, 7) is 4.51. The molecule has 0 saturated carbocycles. The molecule has 7 nitrogen and oxygen atoms in total. The number of halogens is 1. The van der Waals surface area contributed by atoms with Crippen LogP contribution in [0.15, 0.2) is 54.9 Å². The first-order valence-electron chi connectivity index (χ1n) is 10.6. The van der Waals surface area contributed by atoms with Crippen LogP contribution in [0.5, 0.6) is 0 Å². The third-order valence-electron chi connectivity index (χ3n) is 5.53. The van der Waals surface area contributed by atoms with Crippen molar-refractivity contribution in [3.63, 3.8) is 0 Å². The number of benzene rings is 2. The van der Waals surface area contributed by atoms with E-state index < -0.39 is 6.10 Å². The van der Waals surface area contributed by atoms with Gasteiger partial charge in [-0.2, -0.15) is 0 Å². The highest BCUT2D eigenvalue weighted by Gasteiger charge is 2.24. The maximum absolute atomic E-state index is 14.9. The quantitative estimate of drug-likeness (QED) is 0.585. The summed E-state index contributed by atoms with van der Waals surface area (Å²) in [7, 11) is 0. The first kappa shape index (κ1) is 22.3. The molecule has 1 saturated heterocycles. The molecule has 0 bridgehead atoms. The number of aliphatic hydroxyl groups is 1. The molecule has 1 aliphatic heterocycles. The number of nitrogens with zero attached hydrogens (tertiary/aromatic N) is 3. The van der Waals surface area contributed by atoms with Gasteiger partial charge in [-0.1, -0.05) is 36.4 Å². The number of anilines is 1. The number of ether oxygens (including phenoxy) is 2. The van der Waals surface area contributed by atoms with Gasteiger partial charge in [0.05, 0.1) is 32.2 Å². The van der Waals surface area contributed by atoms with Crippen molar-refractivity contribution >= 4 is 5.95 Å². The first-order chi connectivity index (χ1) is 15.5. The van der Waals surface area contributed by atoms with Crippen LogP contribution in [0.1, 0.15) is 12.5 Å². The molecule has 0 amide bonds. The Kier molecular flexibility index (Phi) is 7.06. The fourth-order valence-corrected chi connectivity index (χ4v) is 3.75. The zero-order valence-corrected chi connectivity index (χ0v) is 17.9. The van der Waals surface area contributed by atoms with Crippen LogP contribution in [0.2, 0.25) is 0 Å². The van der Waals surface area contributed by atoms with E-state index in [2.05, 4.69) is 14.9 Å². The van der Waals surface area contributed by atoms with Crippen molar-refractivity contribution in [3.8, 4) is 22.3 Å². The van der Waals surface area contributed by atoms with Gasteiger partial charge in [-0.15, -0.1) is 0 Å². The lowest BCUT2D eigenvalue weighted by molar-refractivity contribution is -0.109. The summed E-state index contributed by atoms with van der Waals surface area (Å²) in [6.07, 6.45) is 2.30. The Hall–Kier alpha value is -2.91. The van der Waals surface area contributed by atoms with E-state index in [0.717, 1.165) is 23.2 Å². The summed E-state index contributed by atoms with van der Waals surface area (Å²) in [5, 5.41) is 9.75. The van der Waals surface area contributed by atoms with Crippen LogP contribution >= 0.6 is 0 Å². The maximum Gasteiger partial charge on any atom is 0.219 e. The molecule has 1 fully saturated rings. The normalized spacial score (nSPS) is 17.9. The highest BCUT2D eigenvalue weighted by atomic mass is 19.1. The van der Waals surface area contributed by atoms with Crippen molar-refractivity contribution in [2.75, 3.05) is 32.2 Å². The number of hydrogen-bond acceptors (Lipinski definition) is 7. The molecule has 3 N–H and O–H groups in total. The lowest BCUT2D eigenvalue weighted by atomic mass is 9.97. The van der Waals surface area contributed by atoms with Crippen molar-refractivity contribution in [3.05, 3.63) is 66.2 Å². The van der Waals surface area contributed by atoms with Crippen LogP contribution in [-0.2, 0) is 16.1 Å². The third-order valence-corrected chi connectivity index (χ3v) is 5.53. The van der Waals surface area contributed by atoms with E-state index in [4.69, 9.17) is 15.2 Å². The van der Waals surface area contributed by atoms with Crippen LogP contribution in [0, 0.1) is 5.82 Å². The second kappa shape index (κ2) is 10.1. The first-order valence-corrected chi connectivity index (χ1v) is 10.6. The van der Waals surface area contributed by atoms with Crippen LogP contribution in [0.3, 0.4) is 0 Å². The molecule has 0 radical (unpaired) electrons. The molecule has 3 aromatic rings. The molecule has 0 spiro atoms. The van der Waals surface area contributed by atoms with Crippen molar-refractivity contribution in [2.45, 2.75) is 25.7 Å². The molecule has 2 atom stereocenters. The Labute approximate surface area is 186 Å². The number of morpholine rings is 1. The second-order valence-corrected chi connectivity index (χ2v) is 7.89. The molecule has 168 valence electrons. The van der Waals surface area contributed by atoms with E-state index in [9.17, 15) is 9.50 Å². The lowest BCUT2D eigenvalue weighted by Gasteiger charge is -2.33. The zero-order chi connectivity index (χ0) is 22.5. The zero-order valence-electron chi connectivity index (χ0n) is 17.9. The van der Waals surface area contributed by atoms with Gasteiger partial charge in [-0.05, 0) is 29.7 Å². The Balaban J connectivity index is 1.45. The number of nitrogen functional groups attached to an aromatic ring is 1. The van der Waals surface area contributed by atoms with Crippen LogP contribution in [-0.4, -0.2) is 58.6 Å². The average Bonchev–Trinajstić information content (AvgIpc) is 2.80. The largest absolute Gasteiger partial charge is 0.391 e.